The lowest BCUT2D eigenvalue weighted by atomic mass is 10.3. The number of rotatable bonds is 9. The molecule has 0 saturated heterocycles. The molecule has 0 amide bonds. The highest BCUT2D eigenvalue weighted by Crippen LogP contribution is 2.24. The number of likely N-dealkylation sites (N-methyl/N-ethyl adjacent to an activating group) is 1. The molecule has 0 aliphatic rings. The van der Waals surface area contributed by atoms with Crippen molar-refractivity contribution in [2.24, 2.45) is 0 Å². The summed E-state index contributed by atoms with van der Waals surface area (Å²) in [6.07, 6.45) is 2.78. The van der Waals surface area contributed by atoms with Gasteiger partial charge in [0.2, 0.25) is 0 Å². The van der Waals surface area contributed by atoms with Crippen molar-refractivity contribution in [3.8, 4) is 0 Å². The van der Waals surface area contributed by atoms with Crippen molar-refractivity contribution in [2.45, 2.75) is 37.3 Å². The summed E-state index contributed by atoms with van der Waals surface area (Å²) in [5.41, 5.74) is 0. The van der Waals surface area contributed by atoms with Crippen LogP contribution in [0.5, 0.6) is 0 Å². The lowest BCUT2D eigenvalue weighted by Gasteiger charge is -2.15. The van der Waals surface area contributed by atoms with Crippen LogP contribution >= 0.6 is 11.3 Å². The van der Waals surface area contributed by atoms with Gasteiger partial charge in [-0.25, -0.2) is 12.7 Å². The van der Waals surface area contributed by atoms with Gasteiger partial charge in [0.25, 0.3) is 10.0 Å². The Morgan fingerprint density at radius 1 is 1.32 bits per heavy atom. The van der Waals surface area contributed by atoms with Crippen LogP contribution in [0.2, 0.25) is 0 Å². The predicted octanol–water partition coefficient (Wildman–Crippen LogP) is 2.32. The molecule has 0 fully saturated rings. The molecule has 0 bridgehead atoms. The third-order valence-electron chi connectivity index (χ3n) is 2.93. The number of hydrogen-bond donors (Lipinski definition) is 1. The van der Waals surface area contributed by atoms with Crippen molar-refractivity contribution in [1.29, 1.82) is 0 Å². The molecule has 19 heavy (non-hydrogen) atoms. The van der Waals surface area contributed by atoms with E-state index < -0.39 is 10.0 Å². The van der Waals surface area contributed by atoms with Crippen LogP contribution in [0.15, 0.2) is 16.3 Å². The molecule has 1 heterocycles. The molecule has 1 aromatic heterocycles. The average molecular weight is 304 g/mol. The van der Waals surface area contributed by atoms with E-state index in [1.165, 1.54) is 15.6 Å². The van der Waals surface area contributed by atoms with Gasteiger partial charge < -0.3 is 5.32 Å². The first kappa shape index (κ1) is 16.6. The smallest absolute Gasteiger partial charge is 0.252 e. The van der Waals surface area contributed by atoms with Gasteiger partial charge in [-0.15, -0.1) is 11.3 Å². The van der Waals surface area contributed by atoms with Gasteiger partial charge in [-0.3, -0.25) is 0 Å². The van der Waals surface area contributed by atoms with Crippen LogP contribution in [0.1, 0.15) is 31.6 Å². The second-order valence-electron chi connectivity index (χ2n) is 4.50. The molecule has 0 unspecified atom stereocenters. The van der Waals surface area contributed by atoms with E-state index in [1.807, 2.05) is 6.07 Å². The summed E-state index contributed by atoms with van der Waals surface area (Å²) in [4.78, 5) is 1.11. The van der Waals surface area contributed by atoms with E-state index in [-0.39, 0.29) is 0 Å². The molecule has 0 atom stereocenters. The Labute approximate surface area is 120 Å². The fourth-order valence-corrected chi connectivity index (χ4v) is 4.45. The predicted molar refractivity (Wildman–Crippen MR) is 81.3 cm³/mol. The van der Waals surface area contributed by atoms with Gasteiger partial charge in [-0.05, 0) is 38.1 Å². The lowest BCUT2D eigenvalue weighted by Crippen LogP contribution is -2.27. The summed E-state index contributed by atoms with van der Waals surface area (Å²) < 4.78 is 26.5. The summed E-state index contributed by atoms with van der Waals surface area (Å²) >= 11 is 1.38. The van der Waals surface area contributed by atoms with Gasteiger partial charge in [0, 0.05) is 18.5 Å². The van der Waals surface area contributed by atoms with Crippen LogP contribution in [0.4, 0.5) is 0 Å². The lowest BCUT2D eigenvalue weighted by molar-refractivity contribution is 0.461. The standard InChI is InChI=1S/C13H24N2O2S2/c1-4-6-11-15(3)19(16,17)13-8-7-12(18-13)9-10-14-5-2/h7-8,14H,4-6,9-11H2,1-3H3. The van der Waals surface area contributed by atoms with Crippen LogP contribution in [0.25, 0.3) is 0 Å². The molecule has 110 valence electrons. The van der Waals surface area contributed by atoms with Crippen LogP contribution in [-0.2, 0) is 16.4 Å². The Balaban J connectivity index is 2.68. The van der Waals surface area contributed by atoms with Crippen molar-refractivity contribution in [3.05, 3.63) is 17.0 Å². The fourth-order valence-electron chi connectivity index (χ4n) is 1.67. The normalized spacial score (nSPS) is 12.2. The van der Waals surface area contributed by atoms with Crippen LogP contribution in [0.3, 0.4) is 0 Å². The third-order valence-corrected chi connectivity index (χ3v) is 6.40. The number of hydrogen-bond acceptors (Lipinski definition) is 4. The molecule has 1 N–H and O–H groups in total. The minimum atomic E-state index is -3.29. The van der Waals surface area contributed by atoms with Crippen LogP contribution in [0, 0.1) is 0 Å². The maximum Gasteiger partial charge on any atom is 0.252 e. The summed E-state index contributed by atoms with van der Waals surface area (Å²) in [5, 5.41) is 3.24. The first-order chi connectivity index (χ1) is 9.02. The van der Waals surface area contributed by atoms with E-state index in [4.69, 9.17) is 0 Å². The zero-order chi connectivity index (χ0) is 14.3. The first-order valence-electron chi connectivity index (χ1n) is 6.78. The maximum atomic E-state index is 12.3. The zero-order valence-electron chi connectivity index (χ0n) is 12.0. The Morgan fingerprint density at radius 3 is 2.68 bits per heavy atom. The Bertz CT molecular complexity index is 469. The fraction of sp³-hybridized carbons (Fsp3) is 0.692. The molecule has 0 spiro atoms. The van der Waals surface area contributed by atoms with Gasteiger partial charge in [-0.1, -0.05) is 20.3 Å². The Hall–Kier alpha value is -0.430. The van der Waals surface area contributed by atoms with Gasteiger partial charge in [0.05, 0.1) is 0 Å². The topological polar surface area (TPSA) is 49.4 Å². The highest BCUT2D eigenvalue weighted by Gasteiger charge is 2.22. The summed E-state index contributed by atoms with van der Waals surface area (Å²) in [6, 6.07) is 3.65. The molecule has 0 radical (unpaired) electrons. The van der Waals surface area contributed by atoms with E-state index in [1.54, 1.807) is 13.1 Å². The van der Waals surface area contributed by atoms with E-state index in [2.05, 4.69) is 19.2 Å². The van der Waals surface area contributed by atoms with E-state index >= 15 is 0 Å². The summed E-state index contributed by atoms with van der Waals surface area (Å²) in [5.74, 6) is 0. The van der Waals surface area contributed by atoms with E-state index in [0.29, 0.717) is 10.8 Å². The van der Waals surface area contributed by atoms with Crippen molar-refractivity contribution in [3.63, 3.8) is 0 Å². The molecule has 0 aliphatic heterocycles. The quantitative estimate of drug-likeness (QED) is 0.712. The number of thiophene rings is 1. The molecule has 0 aliphatic carbocycles. The average Bonchev–Trinajstić information content (AvgIpc) is 2.85. The highest BCUT2D eigenvalue weighted by atomic mass is 32.2. The number of nitrogens with one attached hydrogen (secondary N) is 1. The van der Waals surface area contributed by atoms with Crippen LogP contribution in [-0.4, -0.2) is 39.4 Å². The van der Waals surface area contributed by atoms with Gasteiger partial charge in [0.15, 0.2) is 0 Å². The van der Waals surface area contributed by atoms with Gasteiger partial charge >= 0.3 is 0 Å². The third kappa shape index (κ3) is 4.87. The Kier molecular flexibility index (Phi) is 6.99. The van der Waals surface area contributed by atoms with E-state index in [9.17, 15) is 8.42 Å². The molecule has 6 heteroatoms. The minimum absolute atomic E-state index is 0.456. The number of sulfonamides is 1. The Morgan fingerprint density at radius 2 is 2.05 bits per heavy atom. The molecular weight excluding hydrogens is 280 g/mol. The van der Waals surface area contributed by atoms with E-state index in [0.717, 1.165) is 37.2 Å². The second kappa shape index (κ2) is 7.99. The monoisotopic (exact) mass is 304 g/mol. The van der Waals surface area contributed by atoms with Crippen molar-refractivity contribution in [2.75, 3.05) is 26.7 Å². The molecule has 0 aromatic carbocycles. The largest absolute Gasteiger partial charge is 0.317 e. The second-order valence-corrected chi connectivity index (χ2v) is 7.94. The zero-order valence-corrected chi connectivity index (χ0v) is 13.6. The van der Waals surface area contributed by atoms with Gasteiger partial charge in [0.1, 0.15) is 4.21 Å². The summed E-state index contributed by atoms with van der Waals surface area (Å²) in [7, 11) is -1.63. The molecule has 4 nitrogen and oxygen atoms in total. The maximum absolute atomic E-state index is 12.3. The van der Waals surface area contributed by atoms with Crippen molar-refractivity contribution >= 4 is 21.4 Å². The SMILES string of the molecule is CCCCN(C)S(=O)(=O)c1ccc(CCNCC)s1. The van der Waals surface area contributed by atoms with Crippen molar-refractivity contribution in [1.82, 2.24) is 9.62 Å². The summed E-state index contributed by atoms with van der Waals surface area (Å²) in [6.45, 7) is 6.54. The highest BCUT2D eigenvalue weighted by molar-refractivity contribution is 7.91. The number of nitrogens with zero attached hydrogens (tertiary/aromatic N) is 1. The van der Waals surface area contributed by atoms with Crippen molar-refractivity contribution < 1.29 is 8.42 Å². The minimum Gasteiger partial charge on any atom is -0.317 e. The van der Waals surface area contributed by atoms with Gasteiger partial charge in [-0.2, -0.15) is 0 Å². The molecule has 0 saturated carbocycles. The van der Waals surface area contributed by atoms with Crippen LogP contribution < -0.4 is 5.32 Å². The molecule has 1 rings (SSSR count). The molecule has 1 aromatic rings. The number of unbranched alkanes of at least 4 members (excludes halogenated alkanes) is 1. The molecular formula is C13H24N2O2S2. The first-order valence-corrected chi connectivity index (χ1v) is 9.03.